The van der Waals surface area contributed by atoms with E-state index in [4.69, 9.17) is 14.2 Å². The van der Waals surface area contributed by atoms with Crippen LogP contribution >= 0.6 is 12.4 Å². The van der Waals surface area contributed by atoms with Crippen LogP contribution in [-0.4, -0.2) is 51.0 Å². The highest BCUT2D eigenvalue weighted by Crippen LogP contribution is 2.23. The molecule has 0 saturated carbocycles. The fourth-order valence-corrected chi connectivity index (χ4v) is 3.01. The molecule has 1 unspecified atom stereocenters. The molecule has 8 heteroatoms. The third kappa shape index (κ3) is 6.88. The smallest absolute Gasteiger partial charge is 0.415 e. The number of carbonyl (C=O) groups is 1. The third-order valence-corrected chi connectivity index (χ3v) is 4.57. The van der Waals surface area contributed by atoms with Gasteiger partial charge in [-0.3, -0.25) is 0 Å². The Labute approximate surface area is 176 Å². The molecule has 1 aliphatic rings. The Bertz CT molecular complexity index is 770. The van der Waals surface area contributed by atoms with Crippen molar-refractivity contribution in [1.82, 2.24) is 10.2 Å². The summed E-state index contributed by atoms with van der Waals surface area (Å²) < 4.78 is 29.4. The van der Waals surface area contributed by atoms with E-state index in [0.717, 1.165) is 5.56 Å². The van der Waals surface area contributed by atoms with Crippen LogP contribution in [0.3, 0.4) is 0 Å². The van der Waals surface area contributed by atoms with E-state index >= 15 is 0 Å². The molecule has 0 aliphatic carbocycles. The van der Waals surface area contributed by atoms with Gasteiger partial charge in [0.1, 0.15) is 17.3 Å². The van der Waals surface area contributed by atoms with Crippen LogP contribution in [0.4, 0.5) is 9.18 Å². The van der Waals surface area contributed by atoms with Crippen molar-refractivity contribution in [3.05, 3.63) is 59.9 Å². The monoisotopic (exact) mass is 424 g/mol. The third-order valence-electron chi connectivity index (χ3n) is 4.57. The first kappa shape index (κ1) is 22.9. The Morgan fingerprint density at radius 2 is 1.90 bits per heavy atom. The molecule has 1 aliphatic heterocycles. The molecule has 1 heterocycles. The van der Waals surface area contributed by atoms with Crippen molar-refractivity contribution in [3.8, 4) is 11.5 Å². The molecular formula is C21H26ClFN2O4. The first-order valence-electron chi connectivity index (χ1n) is 9.36. The minimum atomic E-state index is -0.360. The molecule has 2 aromatic carbocycles. The first-order chi connectivity index (χ1) is 13.7. The summed E-state index contributed by atoms with van der Waals surface area (Å²) in [6, 6.07) is 13.5. The number of benzene rings is 2. The molecule has 0 bridgehead atoms. The Kier molecular flexibility index (Phi) is 9.18. The molecule has 1 fully saturated rings. The summed E-state index contributed by atoms with van der Waals surface area (Å²) >= 11 is 0. The molecule has 1 saturated heterocycles. The summed E-state index contributed by atoms with van der Waals surface area (Å²) in [5, 5.41) is 3.25. The predicted octanol–water partition coefficient (Wildman–Crippen LogP) is 3.81. The second-order valence-electron chi connectivity index (χ2n) is 6.47. The van der Waals surface area contributed by atoms with E-state index in [-0.39, 0.29) is 30.4 Å². The maximum atomic E-state index is 12.9. The predicted molar refractivity (Wildman–Crippen MR) is 110 cm³/mol. The molecule has 1 amide bonds. The van der Waals surface area contributed by atoms with Crippen LogP contribution in [0.1, 0.15) is 18.0 Å². The minimum Gasteiger partial charge on any atom is -0.494 e. The lowest BCUT2D eigenvalue weighted by Gasteiger charge is -2.26. The van der Waals surface area contributed by atoms with Gasteiger partial charge in [0, 0.05) is 25.6 Å². The number of ether oxygens (including phenoxy) is 3. The topological polar surface area (TPSA) is 60.0 Å². The number of carbonyl (C=O) groups excluding carboxylic acids is 1. The van der Waals surface area contributed by atoms with E-state index in [0.29, 0.717) is 50.8 Å². The molecule has 0 aromatic heterocycles. The van der Waals surface area contributed by atoms with Gasteiger partial charge in [0.2, 0.25) is 0 Å². The highest BCUT2D eigenvalue weighted by atomic mass is 35.5. The van der Waals surface area contributed by atoms with Gasteiger partial charge in [0.15, 0.2) is 0 Å². The van der Waals surface area contributed by atoms with Crippen LogP contribution in [0.25, 0.3) is 0 Å². The van der Waals surface area contributed by atoms with Gasteiger partial charge in [0.05, 0.1) is 19.8 Å². The molecule has 6 nitrogen and oxygen atoms in total. The largest absolute Gasteiger partial charge is 0.494 e. The van der Waals surface area contributed by atoms with Gasteiger partial charge in [-0.1, -0.05) is 12.1 Å². The summed E-state index contributed by atoms with van der Waals surface area (Å²) in [6.07, 6.45) is 0.343. The van der Waals surface area contributed by atoms with Crippen LogP contribution in [-0.2, 0) is 4.74 Å². The second kappa shape index (κ2) is 11.6. The van der Waals surface area contributed by atoms with Crippen molar-refractivity contribution in [2.45, 2.75) is 12.5 Å². The van der Waals surface area contributed by atoms with Crippen LogP contribution < -0.4 is 14.8 Å². The normalized spacial score (nSPS) is 14.6. The van der Waals surface area contributed by atoms with Crippen LogP contribution in [0.2, 0.25) is 0 Å². The number of amides is 1. The molecule has 1 atom stereocenters. The van der Waals surface area contributed by atoms with Crippen LogP contribution in [0.5, 0.6) is 11.5 Å². The highest BCUT2D eigenvalue weighted by Gasteiger charge is 2.19. The highest BCUT2D eigenvalue weighted by molar-refractivity contribution is 5.85. The summed E-state index contributed by atoms with van der Waals surface area (Å²) in [5.41, 5.74) is 0.998. The zero-order chi connectivity index (χ0) is 19.8. The first-order valence-corrected chi connectivity index (χ1v) is 9.36. The second-order valence-corrected chi connectivity index (χ2v) is 6.47. The van der Waals surface area contributed by atoms with E-state index in [9.17, 15) is 9.18 Å². The van der Waals surface area contributed by atoms with Crippen LogP contribution in [0.15, 0.2) is 48.5 Å². The van der Waals surface area contributed by atoms with Crippen molar-refractivity contribution < 1.29 is 23.4 Å². The average molecular weight is 425 g/mol. The number of nitrogens with zero attached hydrogens (tertiary/aromatic N) is 1. The molecule has 3 rings (SSSR count). The van der Waals surface area contributed by atoms with E-state index < -0.39 is 0 Å². The van der Waals surface area contributed by atoms with Gasteiger partial charge < -0.3 is 24.4 Å². The summed E-state index contributed by atoms with van der Waals surface area (Å²) in [7, 11) is 1.87. The molecule has 1 N–H and O–H groups in total. The summed E-state index contributed by atoms with van der Waals surface area (Å²) in [5.74, 6) is 0.849. The van der Waals surface area contributed by atoms with Crippen molar-refractivity contribution in [1.29, 1.82) is 0 Å². The van der Waals surface area contributed by atoms with Gasteiger partial charge in [-0.15, -0.1) is 12.4 Å². The number of nitrogens with one attached hydrogen (secondary N) is 1. The lowest BCUT2D eigenvalue weighted by Crippen LogP contribution is -2.42. The van der Waals surface area contributed by atoms with Crippen molar-refractivity contribution >= 4 is 18.5 Å². The zero-order valence-corrected chi connectivity index (χ0v) is 17.1. The van der Waals surface area contributed by atoms with Gasteiger partial charge in [-0.2, -0.15) is 0 Å². The Morgan fingerprint density at radius 1 is 1.17 bits per heavy atom. The molecule has 0 radical (unpaired) electrons. The zero-order valence-electron chi connectivity index (χ0n) is 16.3. The van der Waals surface area contributed by atoms with E-state index in [2.05, 4.69) is 5.32 Å². The minimum absolute atomic E-state index is 0. The van der Waals surface area contributed by atoms with E-state index in [1.54, 1.807) is 23.1 Å². The number of hydrogen-bond acceptors (Lipinski definition) is 5. The van der Waals surface area contributed by atoms with Gasteiger partial charge >= 0.3 is 6.09 Å². The fourth-order valence-electron chi connectivity index (χ4n) is 3.01. The van der Waals surface area contributed by atoms with Gasteiger partial charge in [-0.25, -0.2) is 9.18 Å². The fraction of sp³-hybridized carbons (Fsp3) is 0.381. The Morgan fingerprint density at radius 3 is 2.59 bits per heavy atom. The van der Waals surface area contributed by atoms with Gasteiger partial charge in [-0.05, 0) is 49.0 Å². The van der Waals surface area contributed by atoms with Crippen molar-refractivity contribution in [2.75, 3.05) is 40.0 Å². The number of morpholine rings is 1. The number of rotatable bonds is 7. The van der Waals surface area contributed by atoms with Crippen LogP contribution in [0, 0.1) is 5.82 Å². The molecule has 29 heavy (non-hydrogen) atoms. The van der Waals surface area contributed by atoms with Gasteiger partial charge in [0.25, 0.3) is 0 Å². The van der Waals surface area contributed by atoms with Crippen molar-refractivity contribution in [2.24, 2.45) is 0 Å². The Hall–Kier alpha value is -2.35. The van der Waals surface area contributed by atoms with E-state index in [1.165, 1.54) is 12.1 Å². The maximum Gasteiger partial charge on any atom is 0.415 e. The Balaban J connectivity index is 0.00000300. The number of halogens is 2. The SMILES string of the molecule is CNC(CCOc1ccc(F)cc1)c1cccc(OC(=O)N2CCOCC2)c1.Cl. The maximum absolute atomic E-state index is 12.9. The molecule has 2 aromatic rings. The van der Waals surface area contributed by atoms with E-state index in [1.807, 2.05) is 25.2 Å². The summed E-state index contributed by atoms with van der Waals surface area (Å²) in [4.78, 5) is 13.9. The van der Waals surface area contributed by atoms with Crippen molar-refractivity contribution in [3.63, 3.8) is 0 Å². The summed E-state index contributed by atoms with van der Waals surface area (Å²) in [6.45, 7) is 2.61. The quantitative estimate of drug-likeness (QED) is 0.732. The molecular weight excluding hydrogens is 399 g/mol. The lowest BCUT2D eigenvalue weighted by atomic mass is 10.0. The number of hydrogen-bond donors (Lipinski definition) is 1. The lowest BCUT2D eigenvalue weighted by molar-refractivity contribution is 0.0416. The molecule has 0 spiro atoms. The average Bonchev–Trinajstić information content (AvgIpc) is 2.73. The molecule has 158 valence electrons. The standard InChI is InChI=1S/C21H25FN2O4.ClH/c1-23-20(9-12-27-18-7-5-17(22)6-8-18)16-3-2-4-19(15-16)28-21(25)24-10-13-26-14-11-24;/h2-8,15,20,23H,9-14H2,1H3;1H.